The van der Waals surface area contributed by atoms with Gasteiger partial charge in [0.1, 0.15) is 5.82 Å². The van der Waals surface area contributed by atoms with Crippen LogP contribution in [0.2, 0.25) is 5.02 Å². The highest BCUT2D eigenvalue weighted by molar-refractivity contribution is 6.31. The number of anilines is 1. The molecule has 0 bridgehead atoms. The summed E-state index contributed by atoms with van der Waals surface area (Å²) < 4.78 is 13.4. The molecule has 4 heteroatoms. The molecular formula is C17H20ClFN2. The van der Waals surface area contributed by atoms with E-state index in [1.807, 2.05) is 24.3 Å². The van der Waals surface area contributed by atoms with Crippen molar-refractivity contribution in [2.24, 2.45) is 0 Å². The quantitative estimate of drug-likeness (QED) is 0.826. The Morgan fingerprint density at radius 3 is 2.38 bits per heavy atom. The number of halogens is 2. The zero-order chi connectivity index (χ0) is 15.4. The predicted molar refractivity (Wildman–Crippen MR) is 86.6 cm³/mol. The molecule has 0 aliphatic heterocycles. The number of hydrogen-bond acceptors (Lipinski definition) is 2. The highest BCUT2D eigenvalue weighted by Gasteiger charge is 2.13. The largest absolute Gasteiger partial charge is 0.399 e. The van der Waals surface area contributed by atoms with Gasteiger partial charge in [-0.05, 0) is 55.3 Å². The van der Waals surface area contributed by atoms with E-state index in [-0.39, 0.29) is 5.82 Å². The van der Waals surface area contributed by atoms with Crippen LogP contribution in [-0.4, -0.2) is 10.9 Å². The van der Waals surface area contributed by atoms with Crippen LogP contribution in [0.15, 0.2) is 42.5 Å². The average Bonchev–Trinajstić information content (AvgIpc) is 2.44. The molecule has 0 aliphatic rings. The second-order valence-corrected chi connectivity index (χ2v) is 5.88. The van der Waals surface area contributed by atoms with Crippen LogP contribution in [0.5, 0.6) is 0 Å². The lowest BCUT2D eigenvalue weighted by molar-refractivity contribution is 0.203. The smallest absolute Gasteiger partial charge is 0.123 e. The van der Waals surface area contributed by atoms with Crippen LogP contribution >= 0.6 is 11.6 Å². The minimum atomic E-state index is -0.259. The fourth-order valence-electron chi connectivity index (χ4n) is 2.16. The zero-order valence-electron chi connectivity index (χ0n) is 12.3. The molecule has 2 N–H and O–H groups in total. The second-order valence-electron chi connectivity index (χ2n) is 5.48. The monoisotopic (exact) mass is 306 g/mol. The number of nitrogen functional groups attached to an aromatic ring is 1. The van der Waals surface area contributed by atoms with Crippen LogP contribution in [0, 0.1) is 5.82 Å². The van der Waals surface area contributed by atoms with Gasteiger partial charge < -0.3 is 5.73 Å². The molecule has 21 heavy (non-hydrogen) atoms. The number of hydrogen-bond donors (Lipinski definition) is 1. The molecule has 0 fully saturated rings. The predicted octanol–water partition coefficient (Wildman–Crippen LogP) is 4.47. The summed E-state index contributed by atoms with van der Waals surface area (Å²) in [6, 6.07) is 12.6. The normalized spacial score (nSPS) is 11.3. The molecule has 0 spiro atoms. The maximum absolute atomic E-state index is 13.4. The molecule has 0 aliphatic carbocycles. The highest BCUT2D eigenvalue weighted by atomic mass is 35.5. The average molecular weight is 307 g/mol. The Kier molecular flexibility index (Phi) is 5.21. The minimum absolute atomic E-state index is 0.259. The Balaban J connectivity index is 2.15. The summed E-state index contributed by atoms with van der Waals surface area (Å²) in [4.78, 5) is 2.24. The number of rotatable bonds is 5. The van der Waals surface area contributed by atoms with Crippen molar-refractivity contribution in [2.45, 2.75) is 33.0 Å². The van der Waals surface area contributed by atoms with Crippen LogP contribution in [0.4, 0.5) is 10.1 Å². The molecule has 112 valence electrons. The van der Waals surface area contributed by atoms with Crippen molar-refractivity contribution in [2.75, 3.05) is 5.73 Å². The molecule has 0 aromatic heterocycles. The molecule has 2 aromatic rings. The van der Waals surface area contributed by atoms with Crippen LogP contribution in [-0.2, 0) is 13.1 Å². The van der Waals surface area contributed by atoms with Gasteiger partial charge in [0.15, 0.2) is 0 Å². The Morgan fingerprint density at radius 2 is 1.76 bits per heavy atom. The lowest BCUT2D eigenvalue weighted by Crippen LogP contribution is -2.30. The van der Waals surface area contributed by atoms with E-state index in [9.17, 15) is 4.39 Å². The van der Waals surface area contributed by atoms with E-state index < -0.39 is 0 Å². The van der Waals surface area contributed by atoms with Crippen molar-refractivity contribution in [3.63, 3.8) is 0 Å². The van der Waals surface area contributed by atoms with Gasteiger partial charge in [0.05, 0.1) is 0 Å². The maximum atomic E-state index is 13.4. The molecule has 0 unspecified atom stereocenters. The fourth-order valence-corrected chi connectivity index (χ4v) is 2.34. The molecule has 0 atom stereocenters. The van der Waals surface area contributed by atoms with E-state index in [0.29, 0.717) is 17.6 Å². The molecule has 2 aromatic carbocycles. The topological polar surface area (TPSA) is 29.3 Å². The van der Waals surface area contributed by atoms with Gasteiger partial charge in [-0.1, -0.05) is 23.7 Å². The summed E-state index contributed by atoms with van der Waals surface area (Å²) in [5.41, 5.74) is 8.44. The molecule has 0 heterocycles. The summed E-state index contributed by atoms with van der Waals surface area (Å²) in [5.74, 6) is -0.259. The lowest BCUT2D eigenvalue weighted by Gasteiger charge is -2.27. The standard InChI is InChI=1S/C17H20ClFN2/c1-12(2)21(10-13-3-6-16(20)7-4-13)11-14-9-15(19)5-8-17(14)18/h3-9,12H,10-11,20H2,1-2H3. The first-order chi connectivity index (χ1) is 9.95. The van der Waals surface area contributed by atoms with Crippen LogP contribution in [0.25, 0.3) is 0 Å². The Hall–Kier alpha value is -1.58. The summed E-state index contributed by atoms with van der Waals surface area (Å²) >= 11 is 6.16. The molecule has 0 saturated carbocycles. The van der Waals surface area contributed by atoms with E-state index >= 15 is 0 Å². The van der Waals surface area contributed by atoms with Crippen LogP contribution in [0.1, 0.15) is 25.0 Å². The second kappa shape index (κ2) is 6.92. The minimum Gasteiger partial charge on any atom is -0.399 e. The van der Waals surface area contributed by atoms with Crippen molar-refractivity contribution in [1.29, 1.82) is 0 Å². The van der Waals surface area contributed by atoms with Crippen molar-refractivity contribution >= 4 is 17.3 Å². The first kappa shape index (κ1) is 15.8. The first-order valence-corrected chi connectivity index (χ1v) is 7.36. The summed E-state index contributed by atoms with van der Waals surface area (Å²) in [6.07, 6.45) is 0. The number of benzene rings is 2. The third kappa shape index (κ3) is 4.45. The van der Waals surface area contributed by atoms with Crippen molar-refractivity contribution in [1.82, 2.24) is 4.90 Å². The molecule has 0 saturated heterocycles. The highest BCUT2D eigenvalue weighted by Crippen LogP contribution is 2.21. The van der Waals surface area contributed by atoms with E-state index in [0.717, 1.165) is 17.8 Å². The Labute approximate surface area is 130 Å². The SMILES string of the molecule is CC(C)N(Cc1ccc(N)cc1)Cc1cc(F)ccc1Cl. The summed E-state index contributed by atoms with van der Waals surface area (Å²) in [7, 11) is 0. The van der Waals surface area contributed by atoms with Gasteiger partial charge in [-0.2, -0.15) is 0 Å². The molecule has 0 amide bonds. The van der Waals surface area contributed by atoms with E-state index in [1.165, 1.54) is 17.7 Å². The van der Waals surface area contributed by atoms with Gasteiger partial charge in [-0.15, -0.1) is 0 Å². The Morgan fingerprint density at radius 1 is 1.10 bits per heavy atom. The van der Waals surface area contributed by atoms with Crippen molar-refractivity contribution in [3.05, 3.63) is 64.4 Å². The molecular weight excluding hydrogens is 287 g/mol. The van der Waals surface area contributed by atoms with Gasteiger partial charge >= 0.3 is 0 Å². The summed E-state index contributed by atoms with van der Waals surface area (Å²) in [5, 5.41) is 0.597. The van der Waals surface area contributed by atoms with Gasteiger partial charge in [0.25, 0.3) is 0 Å². The van der Waals surface area contributed by atoms with Crippen LogP contribution in [0.3, 0.4) is 0 Å². The summed E-state index contributed by atoms with van der Waals surface area (Å²) in [6.45, 7) is 5.61. The van der Waals surface area contributed by atoms with Gasteiger partial charge in [-0.25, -0.2) is 4.39 Å². The van der Waals surface area contributed by atoms with Gasteiger partial charge in [0, 0.05) is 29.8 Å². The molecule has 0 radical (unpaired) electrons. The maximum Gasteiger partial charge on any atom is 0.123 e. The zero-order valence-corrected chi connectivity index (χ0v) is 13.1. The van der Waals surface area contributed by atoms with Gasteiger partial charge in [-0.3, -0.25) is 4.90 Å². The third-order valence-corrected chi connectivity index (χ3v) is 3.85. The molecule has 2 nitrogen and oxygen atoms in total. The number of nitrogens with zero attached hydrogens (tertiary/aromatic N) is 1. The van der Waals surface area contributed by atoms with Crippen molar-refractivity contribution in [3.8, 4) is 0 Å². The molecule has 2 rings (SSSR count). The van der Waals surface area contributed by atoms with Gasteiger partial charge in [0.2, 0.25) is 0 Å². The van der Waals surface area contributed by atoms with Crippen molar-refractivity contribution < 1.29 is 4.39 Å². The van der Waals surface area contributed by atoms with E-state index in [2.05, 4.69) is 18.7 Å². The third-order valence-electron chi connectivity index (χ3n) is 3.48. The van der Waals surface area contributed by atoms with E-state index in [4.69, 9.17) is 17.3 Å². The van der Waals surface area contributed by atoms with E-state index in [1.54, 1.807) is 6.07 Å². The lowest BCUT2D eigenvalue weighted by atomic mass is 10.1. The van der Waals surface area contributed by atoms with Crippen LogP contribution < -0.4 is 5.73 Å². The Bertz CT molecular complexity index is 596. The fraction of sp³-hybridized carbons (Fsp3) is 0.294. The first-order valence-electron chi connectivity index (χ1n) is 6.98. The number of nitrogens with two attached hydrogens (primary N) is 1.